The number of hydrogen-bond donors (Lipinski definition) is 0. The molecular weight excluding hydrogens is 519 g/mol. The van der Waals surface area contributed by atoms with Gasteiger partial charge in [-0.1, -0.05) is 90.5 Å². The number of alkyl halides is 3. The van der Waals surface area contributed by atoms with Crippen LogP contribution in [0.1, 0.15) is 11.1 Å². The summed E-state index contributed by atoms with van der Waals surface area (Å²) in [6.45, 7) is 2.06. The van der Waals surface area contributed by atoms with Gasteiger partial charge in [0.25, 0.3) is 0 Å². The molecule has 0 unspecified atom stereocenters. The van der Waals surface area contributed by atoms with Crippen molar-refractivity contribution in [3.8, 4) is 33.8 Å². The Hall–Kier alpha value is -5.03. The second-order valence-electron chi connectivity index (χ2n) is 10.2. The number of fused-ring (bicyclic) bond motifs is 3. The van der Waals surface area contributed by atoms with Crippen molar-refractivity contribution in [3.05, 3.63) is 139 Å². The lowest BCUT2D eigenvalue weighted by atomic mass is 9.99. The van der Waals surface area contributed by atoms with E-state index in [-0.39, 0.29) is 0 Å². The van der Waals surface area contributed by atoms with Gasteiger partial charge in [-0.15, -0.1) is 0 Å². The van der Waals surface area contributed by atoms with E-state index in [0.717, 1.165) is 56.7 Å². The molecule has 0 amide bonds. The van der Waals surface area contributed by atoms with Gasteiger partial charge in [-0.25, -0.2) is 0 Å². The Balaban J connectivity index is 1.39. The van der Waals surface area contributed by atoms with Crippen molar-refractivity contribution >= 4 is 27.8 Å². The molecule has 1 aliphatic rings. The van der Waals surface area contributed by atoms with Gasteiger partial charge in [0.15, 0.2) is 11.5 Å². The van der Waals surface area contributed by atoms with Crippen LogP contribution < -0.4 is 9.64 Å². The Morgan fingerprint density at radius 2 is 1.07 bits per heavy atom. The van der Waals surface area contributed by atoms with Crippen LogP contribution in [0.2, 0.25) is 0 Å². The third kappa shape index (κ3) is 4.49. The molecule has 0 aliphatic carbocycles. The number of hydrogen-bond acceptors (Lipinski definition) is 2. The average molecular weight is 544 g/mol. The second-order valence-corrected chi connectivity index (χ2v) is 10.2. The van der Waals surface area contributed by atoms with Crippen LogP contribution in [-0.4, -0.2) is 0 Å². The molecule has 7 rings (SSSR count). The molecule has 200 valence electrons. The zero-order chi connectivity index (χ0) is 28.1. The Bertz CT molecular complexity index is 1900. The van der Waals surface area contributed by atoms with Crippen LogP contribution in [0, 0.1) is 6.92 Å². The van der Waals surface area contributed by atoms with E-state index in [4.69, 9.17) is 4.74 Å². The monoisotopic (exact) mass is 543 g/mol. The fourth-order valence-corrected chi connectivity index (χ4v) is 5.43. The molecule has 6 aromatic rings. The van der Waals surface area contributed by atoms with Crippen LogP contribution in [0.3, 0.4) is 0 Å². The van der Waals surface area contributed by atoms with Gasteiger partial charge in [0.05, 0.1) is 22.6 Å². The Morgan fingerprint density at radius 1 is 0.537 bits per heavy atom. The number of ether oxygens (including phenoxy) is 1. The molecule has 1 aliphatic heterocycles. The van der Waals surface area contributed by atoms with Gasteiger partial charge in [0.1, 0.15) is 0 Å². The first-order chi connectivity index (χ1) is 19.8. The molecule has 0 N–H and O–H groups in total. The molecule has 0 aromatic heterocycles. The molecule has 5 heteroatoms. The van der Waals surface area contributed by atoms with E-state index in [0.29, 0.717) is 17.1 Å². The van der Waals surface area contributed by atoms with Crippen LogP contribution in [0.4, 0.5) is 30.2 Å². The third-order valence-corrected chi connectivity index (χ3v) is 7.56. The second kappa shape index (κ2) is 9.56. The van der Waals surface area contributed by atoms with Crippen LogP contribution in [0.25, 0.3) is 33.0 Å². The summed E-state index contributed by atoms with van der Waals surface area (Å²) < 4.78 is 46.0. The lowest BCUT2D eigenvalue weighted by Crippen LogP contribution is -2.16. The van der Waals surface area contributed by atoms with Gasteiger partial charge in [0, 0.05) is 5.39 Å². The van der Waals surface area contributed by atoms with E-state index in [1.165, 1.54) is 17.7 Å². The van der Waals surface area contributed by atoms with E-state index >= 15 is 0 Å². The van der Waals surface area contributed by atoms with Crippen LogP contribution in [0.5, 0.6) is 11.5 Å². The maximum absolute atomic E-state index is 13.2. The summed E-state index contributed by atoms with van der Waals surface area (Å²) >= 11 is 0. The minimum Gasteiger partial charge on any atom is -0.453 e. The summed E-state index contributed by atoms with van der Waals surface area (Å²) in [6.07, 6.45) is -4.38. The maximum atomic E-state index is 13.2. The first kappa shape index (κ1) is 25.0. The van der Waals surface area contributed by atoms with E-state index in [9.17, 15) is 13.2 Å². The molecule has 0 atom stereocenters. The number of anilines is 3. The highest BCUT2D eigenvalue weighted by molar-refractivity contribution is 6.01. The number of nitrogens with zero attached hydrogens (tertiary/aromatic N) is 1. The standard InChI is InChI=1S/C36H24F3NO/c1-23-9-11-24(12-10-23)27-15-19-32-34(21-27)41-35-22-28(25-13-17-29(18-14-25)36(37,38)39)16-20-33(35)40(32)31-8-4-6-26-5-2-3-7-30(26)31/h2-22H,1H3. The first-order valence-electron chi connectivity index (χ1n) is 13.3. The zero-order valence-corrected chi connectivity index (χ0v) is 22.1. The van der Waals surface area contributed by atoms with Crippen LogP contribution >= 0.6 is 0 Å². The predicted molar refractivity (Wildman–Crippen MR) is 159 cm³/mol. The van der Waals surface area contributed by atoms with E-state index < -0.39 is 11.7 Å². The molecule has 0 saturated heterocycles. The SMILES string of the molecule is Cc1ccc(-c2ccc3c(c2)Oc2cc(-c4ccc(C(F)(F)F)cc4)ccc2N3c2cccc3ccccc23)cc1. The van der Waals surface area contributed by atoms with E-state index in [1.807, 2.05) is 42.5 Å². The Morgan fingerprint density at radius 3 is 1.68 bits per heavy atom. The molecule has 0 saturated carbocycles. The van der Waals surface area contributed by atoms with E-state index in [1.54, 1.807) is 0 Å². The predicted octanol–water partition coefficient (Wildman–Crippen LogP) is 11.1. The molecule has 2 nitrogen and oxygen atoms in total. The minimum atomic E-state index is -4.38. The lowest BCUT2D eigenvalue weighted by Gasteiger charge is -2.34. The van der Waals surface area contributed by atoms with Gasteiger partial charge in [-0.3, -0.25) is 0 Å². The van der Waals surface area contributed by atoms with Gasteiger partial charge in [0.2, 0.25) is 0 Å². The zero-order valence-electron chi connectivity index (χ0n) is 22.1. The number of halogens is 3. The van der Waals surface area contributed by atoms with Crippen molar-refractivity contribution in [3.63, 3.8) is 0 Å². The molecule has 0 fully saturated rings. The first-order valence-corrected chi connectivity index (χ1v) is 13.3. The van der Waals surface area contributed by atoms with Crippen molar-refractivity contribution in [1.29, 1.82) is 0 Å². The normalized spacial score (nSPS) is 12.5. The largest absolute Gasteiger partial charge is 0.453 e. The molecular formula is C36H24F3NO. The topological polar surface area (TPSA) is 12.5 Å². The van der Waals surface area contributed by atoms with Gasteiger partial charge >= 0.3 is 6.18 Å². The fourth-order valence-electron chi connectivity index (χ4n) is 5.43. The smallest absolute Gasteiger partial charge is 0.416 e. The maximum Gasteiger partial charge on any atom is 0.416 e. The van der Waals surface area contributed by atoms with Crippen LogP contribution in [-0.2, 0) is 6.18 Å². The molecule has 41 heavy (non-hydrogen) atoms. The fraction of sp³-hybridized carbons (Fsp3) is 0.0556. The molecule has 0 spiro atoms. The third-order valence-electron chi connectivity index (χ3n) is 7.56. The number of rotatable bonds is 3. The summed E-state index contributed by atoms with van der Waals surface area (Å²) in [4.78, 5) is 2.20. The highest BCUT2D eigenvalue weighted by Gasteiger charge is 2.31. The molecule has 0 radical (unpaired) electrons. The molecule has 0 bridgehead atoms. The van der Waals surface area contributed by atoms with Crippen molar-refractivity contribution in [2.75, 3.05) is 4.90 Å². The van der Waals surface area contributed by atoms with E-state index in [2.05, 4.69) is 72.5 Å². The number of benzene rings is 6. The Kier molecular flexibility index (Phi) is 5.82. The Labute approximate surface area is 235 Å². The van der Waals surface area contributed by atoms with Crippen molar-refractivity contribution in [1.82, 2.24) is 0 Å². The minimum absolute atomic E-state index is 0.629. The average Bonchev–Trinajstić information content (AvgIpc) is 2.99. The summed E-state index contributed by atoms with van der Waals surface area (Å²) in [5, 5.41) is 2.22. The van der Waals surface area contributed by atoms with Crippen molar-refractivity contribution < 1.29 is 17.9 Å². The summed E-state index contributed by atoms with van der Waals surface area (Å²) in [6, 6.07) is 40.1. The van der Waals surface area contributed by atoms with Crippen molar-refractivity contribution in [2.24, 2.45) is 0 Å². The highest BCUT2D eigenvalue weighted by atomic mass is 19.4. The summed E-state index contributed by atoms with van der Waals surface area (Å²) in [5.74, 6) is 1.33. The van der Waals surface area contributed by atoms with Gasteiger partial charge < -0.3 is 9.64 Å². The lowest BCUT2D eigenvalue weighted by molar-refractivity contribution is -0.137. The molecule has 1 heterocycles. The van der Waals surface area contributed by atoms with Gasteiger partial charge in [-0.2, -0.15) is 13.2 Å². The number of aryl methyl sites for hydroxylation is 1. The summed E-state index contributed by atoms with van der Waals surface area (Å²) in [5.41, 5.74) is 6.87. The van der Waals surface area contributed by atoms with Crippen molar-refractivity contribution in [2.45, 2.75) is 13.1 Å². The van der Waals surface area contributed by atoms with Crippen LogP contribution in [0.15, 0.2) is 127 Å². The van der Waals surface area contributed by atoms with Gasteiger partial charge in [-0.05, 0) is 77.0 Å². The summed E-state index contributed by atoms with van der Waals surface area (Å²) in [7, 11) is 0. The molecule has 6 aromatic carbocycles. The quantitative estimate of drug-likeness (QED) is 0.220. The highest BCUT2D eigenvalue weighted by Crippen LogP contribution is 2.53.